The first kappa shape index (κ1) is 19.4. The normalized spacial score (nSPS) is 51.4. The molecule has 0 aromatic carbocycles. The third-order valence-electron chi connectivity index (χ3n) is 9.10. The van der Waals surface area contributed by atoms with Crippen LogP contribution in [0.2, 0.25) is 0 Å². The predicted molar refractivity (Wildman–Crippen MR) is 99.4 cm³/mol. The minimum Gasteiger partial charge on any atom is -0.381 e. The van der Waals surface area contributed by atoms with Crippen LogP contribution in [0.1, 0.15) is 71.6 Å². The Morgan fingerprint density at radius 3 is 2.31 bits per heavy atom. The Balaban J connectivity index is 1.51. The summed E-state index contributed by atoms with van der Waals surface area (Å²) in [5.41, 5.74) is 0.657. The van der Waals surface area contributed by atoms with E-state index in [1.165, 1.54) is 38.5 Å². The van der Waals surface area contributed by atoms with E-state index in [1.807, 2.05) is 7.11 Å². The van der Waals surface area contributed by atoms with E-state index in [1.54, 1.807) is 0 Å². The van der Waals surface area contributed by atoms with Crippen LogP contribution in [-0.2, 0) is 13.8 Å². The highest BCUT2D eigenvalue weighted by Gasteiger charge is 2.60. The second kappa shape index (κ2) is 6.56. The molecule has 4 aliphatic carbocycles. The van der Waals surface area contributed by atoms with Gasteiger partial charge in [0.05, 0.1) is 12.2 Å². The van der Waals surface area contributed by atoms with Crippen LogP contribution >= 0.6 is 7.82 Å². The van der Waals surface area contributed by atoms with Gasteiger partial charge in [-0.2, -0.15) is 0 Å². The molecule has 4 fully saturated rings. The zero-order valence-corrected chi connectivity index (χ0v) is 17.3. The molecule has 0 radical (unpaired) electrons. The fraction of sp³-hybridized carbons (Fsp3) is 1.00. The van der Waals surface area contributed by atoms with Gasteiger partial charge < -0.3 is 14.5 Å². The van der Waals surface area contributed by atoms with Crippen molar-refractivity contribution in [2.45, 2.75) is 83.8 Å². The van der Waals surface area contributed by atoms with Gasteiger partial charge in [0.25, 0.3) is 0 Å². The van der Waals surface area contributed by atoms with E-state index in [-0.39, 0.29) is 6.10 Å². The zero-order chi connectivity index (χ0) is 18.7. The highest BCUT2D eigenvalue weighted by molar-refractivity contribution is 7.46. The molecule has 150 valence electrons. The number of phosphoric ester groups is 1. The number of rotatable bonds is 3. The molecule has 0 amide bonds. The largest absolute Gasteiger partial charge is 0.469 e. The Bertz CT molecular complexity index is 591. The molecule has 26 heavy (non-hydrogen) atoms. The van der Waals surface area contributed by atoms with Crippen molar-refractivity contribution in [1.82, 2.24) is 0 Å². The van der Waals surface area contributed by atoms with Crippen molar-refractivity contribution in [2.75, 3.05) is 7.11 Å². The second-order valence-electron chi connectivity index (χ2n) is 10.00. The Kier molecular flexibility index (Phi) is 4.89. The fourth-order valence-corrected chi connectivity index (χ4v) is 8.43. The molecule has 5 nitrogen and oxygen atoms in total. The van der Waals surface area contributed by atoms with Crippen molar-refractivity contribution in [2.24, 2.45) is 34.5 Å². The van der Waals surface area contributed by atoms with Gasteiger partial charge in [-0.25, -0.2) is 4.57 Å². The molecule has 0 aromatic rings. The molecular formula is C20H35O5P. The standard InChI is InChI=1S/C20H35O5P/c1-19-10-8-14(25-26(21,22)23)12-13(19)4-5-15-16-6-7-18(24-3)20(16,2)11-9-17(15)19/h13-18H,4-12H2,1-3H3,(H2,21,22,23)/t13-,14+,15-,16-,17-,18-,19-,20-/m0/s1. The van der Waals surface area contributed by atoms with Crippen LogP contribution in [0, 0.1) is 34.5 Å². The van der Waals surface area contributed by atoms with Crippen LogP contribution in [0.5, 0.6) is 0 Å². The summed E-state index contributed by atoms with van der Waals surface area (Å²) in [6.45, 7) is 4.93. The SMILES string of the molecule is CO[C@H]1CC[C@H]2[C@@H]3CC[C@H]4C[C@H](OP(=O)(O)O)CC[C@]4(C)[C@H]3CC[C@]12C. The molecule has 4 rings (SSSR count). The first-order valence-corrected chi connectivity index (χ1v) is 12.0. The van der Waals surface area contributed by atoms with Crippen molar-refractivity contribution in [3.8, 4) is 0 Å². The number of hydrogen-bond donors (Lipinski definition) is 2. The van der Waals surface area contributed by atoms with Crippen LogP contribution in [0.25, 0.3) is 0 Å². The van der Waals surface area contributed by atoms with Gasteiger partial charge in [0, 0.05) is 7.11 Å². The van der Waals surface area contributed by atoms with Crippen molar-refractivity contribution < 1.29 is 23.6 Å². The zero-order valence-electron chi connectivity index (χ0n) is 16.4. The van der Waals surface area contributed by atoms with Gasteiger partial charge in [0.2, 0.25) is 0 Å². The molecule has 4 saturated carbocycles. The van der Waals surface area contributed by atoms with Gasteiger partial charge >= 0.3 is 7.82 Å². The van der Waals surface area contributed by atoms with Gasteiger partial charge in [0.15, 0.2) is 0 Å². The average Bonchev–Trinajstić information content (AvgIpc) is 2.90. The van der Waals surface area contributed by atoms with Gasteiger partial charge in [-0.15, -0.1) is 0 Å². The summed E-state index contributed by atoms with van der Waals surface area (Å²) in [5.74, 6) is 2.88. The van der Waals surface area contributed by atoms with Gasteiger partial charge in [-0.05, 0) is 92.3 Å². The van der Waals surface area contributed by atoms with Crippen LogP contribution in [0.15, 0.2) is 0 Å². The molecule has 0 spiro atoms. The quantitative estimate of drug-likeness (QED) is 0.698. The lowest BCUT2D eigenvalue weighted by molar-refractivity contribution is -0.136. The third kappa shape index (κ3) is 3.03. The number of phosphoric acid groups is 1. The first-order chi connectivity index (χ1) is 12.2. The number of ether oxygens (including phenoxy) is 1. The Labute approximate surface area is 157 Å². The summed E-state index contributed by atoms with van der Waals surface area (Å²) in [4.78, 5) is 18.3. The topological polar surface area (TPSA) is 76.0 Å². The first-order valence-electron chi connectivity index (χ1n) is 10.4. The van der Waals surface area contributed by atoms with Crippen LogP contribution in [-0.4, -0.2) is 29.1 Å². The Morgan fingerprint density at radius 1 is 0.923 bits per heavy atom. The molecule has 2 N–H and O–H groups in total. The summed E-state index contributed by atoms with van der Waals surface area (Å²) in [6, 6.07) is 0. The van der Waals surface area contributed by atoms with Crippen molar-refractivity contribution in [1.29, 1.82) is 0 Å². The second-order valence-corrected chi connectivity index (χ2v) is 11.2. The van der Waals surface area contributed by atoms with E-state index in [9.17, 15) is 14.4 Å². The average molecular weight is 386 g/mol. The molecule has 0 unspecified atom stereocenters. The maximum Gasteiger partial charge on any atom is 0.469 e. The highest BCUT2D eigenvalue weighted by atomic mass is 31.2. The smallest absolute Gasteiger partial charge is 0.381 e. The predicted octanol–water partition coefficient (Wildman–Crippen LogP) is 4.52. The van der Waals surface area contributed by atoms with E-state index >= 15 is 0 Å². The Morgan fingerprint density at radius 2 is 1.62 bits per heavy atom. The molecular weight excluding hydrogens is 351 g/mol. The van der Waals surface area contributed by atoms with Crippen LogP contribution < -0.4 is 0 Å². The van der Waals surface area contributed by atoms with E-state index < -0.39 is 7.82 Å². The van der Waals surface area contributed by atoms with Crippen molar-refractivity contribution in [3.05, 3.63) is 0 Å². The number of methoxy groups -OCH3 is 1. The summed E-state index contributed by atoms with van der Waals surface area (Å²) in [5, 5.41) is 0. The lowest BCUT2D eigenvalue weighted by Crippen LogP contribution is -2.54. The summed E-state index contributed by atoms with van der Waals surface area (Å²) in [7, 11) is -2.50. The summed E-state index contributed by atoms with van der Waals surface area (Å²) < 4.78 is 22.2. The fourth-order valence-electron chi connectivity index (χ4n) is 7.85. The van der Waals surface area contributed by atoms with Crippen molar-refractivity contribution >= 4 is 7.82 Å². The molecule has 4 aliphatic rings. The van der Waals surface area contributed by atoms with Crippen LogP contribution in [0.4, 0.5) is 0 Å². The van der Waals surface area contributed by atoms with Crippen molar-refractivity contribution in [3.63, 3.8) is 0 Å². The Hall–Kier alpha value is 0.0700. The lowest BCUT2D eigenvalue weighted by Gasteiger charge is -2.61. The van der Waals surface area contributed by atoms with Crippen LogP contribution in [0.3, 0.4) is 0 Å². The number of hydrogen-bond acceptors (Lipinski definition) is 3. The third-order valence-corrected chi connectivity index (χ3v) is 9.67. The molecule has 6 heteroatoms. The molecule has 8 atom stereocenters. The van der Waals surface area contributed by atoms with Gasteiger partial charge in [0.1, 0.15) is 0 Å². The monoisotopic (exact) mass is 386 g/mol. The maximum absolute atomic E-state index is 11.2. The number of fused-ring (bicyclic) bond motifs is 5. The summed E-state index contributed by atoms with van der Waals surface area (Å²) in [6.07, 6.45) is 10.3. The molecule has 0 aliphatic heterocycles. The minimum atomic E-state index is -4.38. The van der Waals surface area contributed by atoms with E-state index in [0.29, 0.717) is 22.9 Å². The molecule has 0 saturated heterocycles. The van der Waals surface area contributed by atoms with Gasteiger partial charge in [-0.3, -0.25) is 4.52 Å². The van der Waals surface area contributed by atoms with Gasteiger partial charge in [-0.1, -0.05) is 13.8 Å². The molecule has 0 aromatic heterocycles. The van der Waals surface area contributed by atoms with E-state index in [2.05, 4.69) is 13.8 Å². The van der Waals surface area contributed by atoms with E-state index in [0.717, 1.165) is 37.0 Å². The molecule has 0 heterocycles. The minimum absolute atomic E-state index is 0.274. The molecule has 0 bridgehead atoms. The maximum atomic E-state index is 11.2. The lowest BCUT2D eigenvalue weighted by atomic mass is 9.45. The van der Waals surface area contributed by atoms with E-state index in [4.69, 9.17) is 9.26 Å². The summed E-state index contributed by atoms with van der Waals surface area (Å²) >= 11 is 0. The highest BCUT2D eigenvalue weighted by Crippen LogP contribution is 2.66.